The van der Waals surface area contributed by atoms with Gasteiger partial charge < -0.3 is 32.1 Å². The minimum Gasteiger partial charge on any atom is -0.480 e. The Balaban J connectivity index is 2.89. The van der Waals surface area contributed by atoms with Crippen molar-refractivity contribution in [1.82, 2.24) is 15.5 Å². The molecule has 0 aromatic rings. The number of thioether (sulfide) groups is 1. The molecular formula is C19H35N5O5S2. The molecule has 1 saturated heterocycles. The summed E-state index contributed by atoms with van der Waals surface area (Å²) in [5.74, 6) is -1.72. The van der Waals surface area contributed by atoms with Gasteiger partial charge in [-0.2, -0.15) is 24.4 Å². The van der Waals surface area contributed by atoms with Gasteiger partial charge in [0.2, 0.25) is 17.7 Å². The van der Waals surface area contributed by atoms with Gasteiger partial charge >= 0.3 is 5.97 Å². The fourth-order valence-corrected chi connectivity index (χ4v) is 4.01. The number of carboxylic acids is 1. The lowest BCUT2D eigenvalue weighted by Crippen LogP contribution is -2.57. The number of hydrogen-bond donors (Lipinski definition) is 6. The summed E-state index contributed by atoms with van der Waals surface area (Å²) in [6.45, 7) is 0.827. The van der Waals surface area contributed by atoms with E-state index in [2.05, 4.69) is 23.3 Å². The maximum Gasteiger partial charge on any atom is 0.326 e. The predicted molar refractivity (Wildman–Crippen MR) is 124 cm³/mol. The fourth-order valence-electron chi connectivity index (χ4n) is 3.38. The Hall–Kier alpha value is -1.50. The van der Waals surface area contributed by atoms with Crippen LogP contribution in [0, 0.1) is 0 Å². The summed E-state index contributed by atoms with van der Waals surface area (Å²) < 4.78 is 0. The number of likely N-dealkylation sites (tertiary alicyclic amines) is 1. The molecular weight excluding hydrogens is 442 g/mol. The minimum absolute atomic E-state index is 0.136. The van der Waals surface area contributed by atoms with E-state index in [1.807, 2.05) is 6.26 Å². The number of carbonyl (C=O) groups is 4. The van der Waals surface area contributed by atoms with Crippen LogP contribution in [0.2, 0.25) is 0 Å². The van der Waals surface area contributed by atoms with Gasteiger partial charge in [-0.3, -0.25) is 14.4 Å². The smallest absolute Gasteiger partial charge is 0.326 e. The van der Waals surface area contributed by atoms with E-state index in [-0.39, 0.29) is 11.7 Å². The van der Waals surface area contributed by atoms with Crippen LogP contribution in [0.15, 0.2) is 0 Å². The molecule has 0 spiro atoms. The first-order valence-corrected chi connectivity index (χ1v) is 12.5. The molecule has 31 heavy (non-hydrogen) atoms. The normalized spacial score (nSPS) is 18.8. The van der Waals surface area contributed by atoms with Crippen molar-refractivity contribution in [1.29, 1.82) is 0 Å². The maximum atomic E-state index is 13.2. The molecule has 1 aliphatic rings. The van der Waals surface area contributed by atoms with Crippen LogP contribution in [-0.2, 0) is 19.2 Å². The predicted octanol–water partition coefficient (Wildman–Crippen LogP) is -0.829. The van der Waals surface area contributed by atoms with Crippen LogP contribution in [0.1, 0.15) is 38.5 Å². The molecule has 0 aromatic carbocycles. The Kier molecular flexibility index (Phi) is 12.9. The molecule has 0 aliphatic carbocycles. The van der Waals surface area contributed by atoms with Gasteiger partial charge in [-0.05, 0) is 57.1 Å². The second-order valence-corrected chi connectivity index (χ2v) is 8.86. The molecule has 0 bridgehead atoms. The van der Waals surface area contributed by atoms with Gasteiger partial charge in [-0.15, -0.1) is 0 Å². The highest BCUT2D eigenvalue weighted by atomic mass is 32.2. The van der Waals surface area contributed by atoms with Crippen molar-refractivity contribution >= 4 is 48.1 Å². The van der Waals surface area contributed by atoms with Crippen molar-refractivity contribution in [3.8, 4) is 0 Å². The van der Waals surface area contributed by atoms with Gasteiger partial charge in [-0.1, -0.05) is 0 Å². The number of amides is 3. The molecule has 3 amide bonds. The van der Waals surface area contributed by atoms with Crippen LogP contribution in [0.5, 0.6) is 0 Å². The molecule has 1 aliphatic heterocycles. The molecule has 0 aromatic heterocycles. The van der Waals surface area contributed by atoms with Crippen molar-refractivity contribution in [3.63, 3.8) is 0 Å². The third kappa shape index (κ3) is 8.87. The maximum absolute atomic E-state index is 13.2. The summed E-state index contributed by atoms with van der Waals surface area (Å²) in [5, 5.41) is 14.6. The second-order valence-electron chi connectivity index (χ2n) is 7.51. The third-order valence-corrected chi connectivity index (χ3v) is 6.20. The van der Waals surface area contributed by atoms with Gasteiger partial charge in [0.15, 0.2) is 0 Å². The van der Waals surface area contributed by atoms with Crippen molar-refractivity contribution in [2.24, 2.45) is 11.5 Å². The number of nitrogens with zero attached hydrogens (tertiary/aromatic N) is 1. The number of nitrogens with one attached hydrogen (secondary N) is 2. The molecule has 4 unspecified atom stereocenters. The van der Waals surface area contributed by atoms with Crippen LogP contribution >= 0.6 is 24.4 Å². The summed E-state index contributed by atoms with van der Waals surface area (Å²) in [6.07, 6.45) is 4.90. The van der Waals surface area contributed by atoms with Crippen LogP contribution in [0.3, 0.4) is 0 Å². The number of unbranched alkanes of at least 4 members (excludes halogenated alkanes) is 1. The average molecular weight is 478 g/mol. The number of aliphatic carboxylic acids is 1. The van der Waals surface area contributed by atoms with Crippen LogP contribution in [-0.4, -0.2) is 88.7 Å². The Morgan fingerprint density at radius 2 is 1.90 bits per heavy atom. The molecule has 10 nitrogen and oxygen atoms in total. The Bertz CT molecular complexity index is 624. The first kappa shape index (κ1) is 27.5. The number of thiol groups is 1. The summed E-state index contributed by atoms with van der Waals surface area (Å²) >= 11 is 5.51. The lowest BCUT2D eigenvalue weighted by Gasteiger charge is -2.30. The van der Waals surface area contributed by atoms with Crippen LogP contribution in [0.4, 0.5) is 0 Å². The first-order valence-electron chi connectivity index (χ1n) is 10.5. The molecule has 1 rings (SSSR count). The first-order chi connectivity index (χ1) is 14.8. The third-order valence-electron chi connectivity index (χ3n) is 5.16. The van der Waals surface area contributed by atoms with Crippen molar-refractivity contribution in [3.05, 3.63) is 0 Å². The molecule has 12 heteroatoms. The van der Waals surface area contributed by atoms with E-state index in [1.54, 1.807) is 0 Å². The van der Waals surface area contributed by atoms with Crippen LogP contribution in [0.25, 0.3) is 0 Å². The molecule has 4 atom stereocenters. The van der Waals surface area contributed by atoms with Gasteiger partial charge in [0.25, 0.3) is 0 Å². The van der Waals surface area contributed by atoms with Gasteiger partial charge in [0, 0.05) is 12.3 Å². The average Bonchev–Trinajstić information content (AvgIpc) is 3.24. The van der Waals surface area contributed by atoms with E-state index in [0.717, 1.165) is 0 Å². The summed E-state index contributed by atoms with van der Waals surface area (Å²) in [7, 11) is 0. The molecule has 178 valence electrons. The fraction of sp³-hybridized carbons (Fsp3) is 0.789. The Morgan fingerprint density at radius 1 is 1.19 bits per heavy atom. The molecule has 1 heterocycles. The number of hydrogen-bond acceptors (Lipinski definition) is 8. The zero-order chi connectivity index (χ0) is 23.4. The van der Waals surface area contributed by atoms with Gasteiger partial charge in [-0.25, -0.2) is 4.79 Å². The lowest BCUT2D eigenvalue weighted by molar-refractivity contribution is -0.145. The monoisotopic (exact) mass is 477 g/mol. The zero-order valence-electron chi connectivity index (χ0n) is 17.9. The van der Waals surface area contributed by atoms with Crippen molar-refractivity contribution in [2.75, 3.05) is 30.9 Å². The molecule has 0 radical (unpaired) electrons. The molecule has 0 saturated carbocycles. The molecule has 1 fully saturated rings. The highest BCUT2D eigenvalue weighted by Crippen LogP contribution is 2.20. The highest BCUT2D eigenvalue weighted by molar-refractivity contribution is 7.98. The highest BCUT2D eigenvalue weighted by Gasteiger charge is 2.38. The van der Waals surface area contributed by atoms with E-state index in [0.29, 0.717) is 57.4 Å². The van der Waals surface area contributed by atoms with E-state index in [4.69, 9.17) is 11.5 Å². The van der Waals surface area contributed by atoms with E-state index in [1.165, 1.54) is 16.7 Å². The topological polar surface area (TPSA) is 168 Å². The molecule has 7 N–H and O–H groups in total. The van der Waals surface area contributed by atoms with E-state index < -0.39 is 42.0 Å². The lowest BCUT2D eigenvalue weighted by atomic mass is 10.1. The number of carbonyl (C=O) groups excluding carboxylic acids is 3. The van der Waals surface area contributed by atoms with E-state index >= 15 is 0 Å². The zero-order valence-corrected chi connectivity index (χ0v) is 19.6. The standard InChI is InChI=1S/C19H35N5O5S2/c1-31-10-7-14(19(28)29)23-17(26)15-6-4-9-24(15)18(27)13(5-2-3-8-20)22-16(25)12(21)11-30/h12-15,30H,2-11,20-21H2,1H3,(H,22,25)(H,23,26)(H,28,29). The summed E-state index contributed by atoms with van der Waals surface area (Å²) in [5.41, 5.74) is 11.3. The summed E-state index contributed by atoms with van der Waals surface area (Å²) in [6, 6.07) is -3.45. The van der Waals surface area contributed by atoms with Gasteiger partial charge in [0.1, 0.15) is 18.1 Å². The van der Waals surface area contributed by atoms with Crippen LogP contribution < -0.4 is 22.1 Å². The van der Waals surface area contributed by atoms with Crippen molar-refractivity contribution in [2.45, 2.75) is 62.7 Å². The summed E-state index contributed by atoms with van der Waals surface area (Å²) in [4.78, 5) is 51.1. The van der Waals surface area contributed by atoms with E-state index in [9.17, 15) is 24.3 Å². The Morgan fingerprint density at radius 3 is 2.48 bits per heavy atom. The van der Waals surface area contributed by atoms with Gasteiger partial charge in [0.05, 0.1) is 6.04 Å². The number of rotatable bonds is 14. The largest absolute Gasteiger partial charge is 0.480 e. The number of carboxylic acid groups (broad SMARTS) is 1. The van der Waals surface area contributed by atoms with Crippen molar-refractivity contribution < 1.29 is 24.3 Å². The second kappa shape index (κ2) is 14.5. The Labute approximate surface area is 193 Å². The minimum atomic E-state index is -1.11. The quantitative estimate of drug-likeness (QED) is 0.139. The SMILES string of the molecule is CSCCC(NC(=O)C1CCCN1C(=O)C(CCCCN)NC(=O)C(N)CS)C(=O)O. The number of nitrogens with two attached hydrogens (primary N) is 2.